The third-order valence-electron chi connectivity index (χ3n) is 3.84. The highest BCUT2D eigenvalue weighted by Gasteiger charge is 2.49. The maximum atomic E-state index is 13.4. The fourth-order valence-electron chi connectivity index (χ4n) is 2.58. The van der Waals surface area contributed by atoms with Crippen molar-refractivity contribution in [1.29, 1.82) is 0 Å². The lowest BCUT2D eigenvalue weighted by Gasteiger charge is -2.28. The Morgan fingerprint density at radius 2 is 2.00 bits per heavy atom. The molecule has 1 atom stereocenters. The van der Waals surface area contributed by atoms with Gasteiger partial charge in [-0.15, -0.1) is 0 Å². The second-order valence-corrected chi connectivity index (χ2v) is 7.16. The first-order valence-electron chi connectivity index (χ1n) is 8.62. The van der Waals surface area contributed by atoms with Crippen molar-refractivity contribution in [3.8, 4) is 5.75 Å². The molecule has 0 unspecified atom stereocenters. The quantitative estimate of drug-likeness (QED) is 0.252. The Bertz CT molecular complexity index is 827. The fraction of sp³-hybridized carbons (Fsp3) is 0.444. The lowest BCUT2D eigenvalue weighted by atomic mass is 9.99. The molecule has 12 heteroatoms. The van der Waals surface area contributed by atoms with Gasteiger partial charge in [0, 0.05) is 23.5 Å². The van der Waals surface area contributed by atoms with E-state index in [-0.39, 0.29) is 30.8 Å². The molecule has 0 radical (unpaired) electrons. The lowest BCUT2D eigenvalue weighted by Crippen LogP contribution is -2.41. The predicted molar refractivity (Wildman–Crippen MR) is 99.1 cm³/mol. The number of rotatable bonds is 8. The number of hydroxylamine groups is 2. The number of ether oxygens (including phenoxy) is 3. The Balaban J connectivity index is 2.01. The van der Waals surface area contributed by atoms with Gasteiger partial charge in [0.2, 0.25) is 12.9 Å². The van der Waals surface area contributed by atoms with E-state index in [0.29, 0.717) is 15.3 Å². The Kier molecular flexibility index (Phi) is 8.24. The number of hydrogen-bond donors (Lipinski definition) is 1. The molecule has 1 aromatic carbocycles. The minimum absolute atomic E-state index is 0.0132. The molecule has 30 heavy (non-hydrogen) atoms. The van der Waals surface area contributed by atoms with Crippen LogP contribution in [0.1, 0.15) is 24.0 Å². The highest BCUT2D eigenvalue weighted by Crippen LogP contribution is 2.40. The summed E-state index contributed by atoms with van der Waals surface area (Å²) in [4.78, 5) is 28.4. The SMILES string of the molecule is Cc1cc(Br)cc2c1O[C@H](C(F)(F)F)C(C(=O)OCOC(=O)CCCON(C)O)=C2. The summed E-state index contributed by atoms with van der Waals surface area (Å²) in [7, 11) is 1.24. The number of carbonyl (C=O) groups excluding carboxylic acids is 2. The van der Waals surface area contributed by atoms with E-state index >= 15 is 0 Å². The number of aryl methyl sites for hydroxylation is 1. The maximum absolute atomic E-state index is 13.4. The van der Waals surface area contributed by atoms with Crippen LogP contribution in [0, 0.1) is 6.92 Å². The van der Waals surface area contributed by atoms with Crippen LogP contribution in [-0.4, -0.2) is 55.1 Å². The van der Waals surface area contributed by atoms with Gasteiger partial charge in [0.25, 0.3) is 0 Å². The van der Waals surface area contributed by atoms with Crippen molar-refractivity contribution in [3.05, 3.63) is 33.3 Å². The first-order chi connectivity index (χ1) is 14.0. The van der Waals surface area contributed by atoms with Gasteiger partial charge in [0.05, 0.1) is 12.2 Å². The van der Waals surface area contributed by atoms with E-state index in [1.807, 2.05) is 0 Å². The van der Waals surface area contributed by atoms with E-state index in [9.17, 15) is 22.8 Å². The molecule has 1 aromatic rings. The average Bonchev–Trinajstić information content (AvgIpc) is 2.63. The van der Waals surface area contributed by atoms with Crippen molar-refractivity contribution < 1.29 is 47.0 Å². The van der Waals surface area contributed by atoms with Crippen LogP contribution in [-0.2, 0) is 23.9 Å². The maximum Gasteiger partial charge on any atom is 0.430 e. The molecule has 0 spiro atoms. The normalized spacial score (nSPS) is 15.9. The smallest absolute Gasteiger partial charge is 0.430 e. The molecule has 0 aliphatic carbocycles. The number of benzene rings is 1. The third kappa shape index (κ3) is 6.69. The Labute approximate surface area is 178 Å². The summed E-state index contributed by atoms with van der Waals surface area (Å²) < 4.78 is 55.3. The molecule has 0 bridgehead atoms. The summed E-state index contributed by atoms with van der Waals surface area (Å²) in [5, 5.41) is 9.23. The Morgan fingerprint density at radius 3 is 2.63 bits per heavy atom. The van der Waals surface area contributed by atoms with Crippen molar-refractivity contribution >= 4 is 33.9 Å². The van der Waals surface area contributed by atoms with Gasteiger partial charge in [-0.25, -0.2) is 4.79 Å². The van der Waals surface area contributed by atoms with Crippen molar-refractivity contribution in [2.75, 3.05) is 20.4 Å². The zero-order valence-corrected chi connectivity index (χ0v) is 17.6. The number of esters is 2. The monoisotopic (exact) mass is 497 g/mol. The summed E-state index contributed by atoms with van der Waals surface area (Å²) in [6.07, 6.45) is -6.23. The highest BCUT2D eigenvalue weighted by atomic mass is 79.9. The van der Waals surface area contributed by atoms with Gasteiger partial charge in [0.15, 0.2) is 0 Å². The van der Waals surface area contributed by atoms with Gasteiger partial charge in [0.1, 0.15) is 5.75 Å². The van der Waals surface area contributed by atoms with Crippen LogP contribution >= 0.6 is 15.9 Å². The minimum atomic E-state index is -4.86. The molecule has 1 N–H and O–H groups in total. The second-order valence-electron chi connectivity index (χ2n) is 6.25. The van der Waals surface area contributed by atoms with E-state index in [0.717, 1.165) is 6.08 Å². The van der Waals surface area contributed by atoms with Crippen molar-refractivity contribution in [3.63, 3.8) is 0 Å². The first kappa shape index (κ1) is 24.1. The van der Waals surface area contributed by atoms with Gasteiger partial charge in [-0.05, 0) is 37.1 Å². The molecule has 1 aliphatic heterocycles. The van der Waals surface area contributed by atoms with Crippen LogP contribution < -0.4 is 4.74 Å². The standard InChI is InChI=1S/C18H19BrF3NO7/c1-10-6-12(19)7-11-8-13(16(18(20,21)22)30-15(10)11)17(25)28-9-27-14(24)4-3-5-29-23(2)26/h6-8,16,26H,3-5,9H2,1-2H3/t16-/m0/s1. The number of halogens is 4. The van der Waals surface area contributed by atoms with Crippen molar-refractivity contribution in [2.45, 2.75) is 32.0 Å². The lowest BCUT2D eigenvalue weighted by molar-refractivity contribution is -0.323. The number of nitrogens with zero attached hydrogens (tertiary/aromatic N) is 1. The van der Waals surface area contributed by atoms with Gasteiger partial charge < -0.3 is 14.2 Å². The van der Waals surface area contributed by atoms with Gasteiger partial charge >= 0.3 is 18.1 Å². The summed E-state index contributed by atoms with van der Waals surface area (Å²) in [5.41, 5.74) is -0.0225. The van der Waals surface area contributed by atoms with Crippen LogP contribution in [0.25, 0.3) is 6.08 Å². The van der Waals surface area contributed by atoms with E-state index in [1.165, 1.54) is 13.1 Å². The summed E-state index contributed by atoms with van der Waals surface area (Å²) >= 11 is 3.24. The predicted octanol–water partition coefficient (Wildman–Crippen LogP) is 3.54. The second kappa shape index (κ2) is 10.2. The molecule has 0 amide bonds. The third-order valence-corrected chi connectivity index (χ3v) is 4.30. The van der Waals surface area contributed by atoms with Crippen LogP contribution in [0.4, 0.5) is 13.2 Å². The molecular weight excluding hydrogens is 479 g/mol. The first-order valence-corrected chi connectivity index (χ1v) is 9.41. The molecule has 166 valence electrons. The van der Waals surface area contributed by atoms with Crippen LogP contribution in [0.2, 0.25) is 0 Å². The van der Waals surface area contributed by atoms with E-state index in [2.05, 4.69) is 30.2 Å². The summed E-state index contributed by atoms with van der Waals surface area (Å²) in [6.45, 7) is 0.760. The number of hydrogen-bond acceptors (Lipinski definition) is 8. The molecule has 0 saturated heterocycles. The van der Waals surface area contributed by atoms with E-state index in [1.54, 1.807) is 13.0 Å². The summed E-state index contributed by atoms with van der Waals surface area (Å²) in [6, 6.07) is 3.10. The van der Waals surface area contributed by atoms with Gasteiger partial charge in [-0.3, -0.25) is 14.8 Å². The number of carbonyl (C=O) groups is 2. The van der Waals surface area contributed by atoms with Crippen molar-refractivity contribution in [2.24, 2.45) is 0 Å². The Hall–Kier alpha value is -2.15. The van der Waals surface area contributed by atoms with Crippen LogP contribution in [0.15, 0.2) is 22.2 Å². The zero-order valence-electron chi connectivity index (χ0n) is 16.0. The van der Waals surface area contributed by atoms with E-state index in [4.69, 9.17) is 9.94 Å². The van der Waals surface area contributed by atoms with Crippen molar-refractivity contribution in [1.82, 2.24) is 5.23 Å². The summed E-state index contributed by atoms with van der Waals surface area (Å²) in [5.74, 6) is -2.06. The van der Waals surface area contributed by atoms with E-state index < -0.39 is 36.6 Å². The molecule has 0 fully saturated rings. The Morgan fingerprint density at radius 1 is 1.30 bits per heavy atom. The number of alkyl halides is 3. The largest absolute Gasteiger partial charge is 0.475 e. The molecule has 8 nitrogen and oxygen atoms in total. The molecule has 1 heterocycles. The van der Waals surface area contributed by atoms with Gasteiger partial charge in [-0.1, -0.05) is 21.2 Å². The fourth-order valence-corrected chi connectivity index (χ4v) is 3.17. The average molecular weight is 498 g/mol. The highest BCUT2D eigenvalue weighted by molar-refractivity contribution is 9.10. The molecular formula is C18H19BrF3NO7. The molecule has 1 aliphatic rings. The zero-order chi connectivity index (χ0) is 22.5. The van der Waals surface area contributed by atoms with Crippen LogP contribution in [0.5, 0.6) is 5.75 Å². The molecule has 0 aromatic heterocycles. The topological polar surface area (TPSA) is 94.5 Å². The molecule has 0 saturated carbocycles. The number of fused-ring (bicyclic) bond motifs is 1. The van der Waals surface area contributed by atoms with Crippen LogP contribution in [0.3, 0.4) is 0 Å². The minimum Gasteiger partial charge on any atom is -0.475 e. The van der Waals surface area contributed by atoms with Gasteiger partial charge in [-0.2, -0.15) is 13.2 Å². The molecule has 2 rings (SSSR count).